The maximum absolute atomic E-state index is 12.6. The van der Waals surface area contributed by atoms with E-state index < -0.39 is 10.0 Å². The number of aryl methyl sites for hydroxylation is 1. The van der Waals surface area contributed by atoms with E-state index >= 15 is 0 Å². The SMILES string of the molecule is Cc1ccccc1S(=O)(=O)N(C)Cc1ccc(C#N)cc1. The number of sulfonamides is 1. The molecule has 0 amide bonds. The lowest BCUT2D eigenvalue weighted by Gasteiger charge is -2.18. The molecule has 0 saturated heterocycles. The van der Waals surface area contributed by atoms with Gasteiger partial charge in [0.1, 0.15) is 0 Å². The van der Waals surface area contributed by atoms with Gasteiger partial charge in [0.05, 0.1) is 16.5 Å². The highest BCUT2D eigenvalue weighted by molar-refractivity contribution is 7.89. The zero-order valence-corrected chi connectivity index (χ0v) is 12.8. The first-order valence-corrected chi connectivity index (χ1v) is 7.90. The summed E-state index contributed by atoms with van der Waals surface area (Å²) in [5.74, 6) is 0. The second kappa shape index (κ2) is 6.08. The molecule has 4 nitrogen and oxygen atoms in total. The Balaban J connectivity index is 2.25. The van der Waals surface area contributed by atoms with Gasteiger partial charge >= 0.3 is 0 Å². The summed E-state index contributed by atoms with van der Waals surface area (Å²) >= 11 is 0. The van der Waals surface area contributed by atoms with Gasteiger partial charge in [0.2, 0.25) is 10.0 Å². The lowest BCUT2D eigenvalue weighted by atomic mass is 10.1. The number of hydrogen-bond acceptors (Lipinski definition) is 3. The summed E-state index contributed by atoms with van der Waals surface area (Å²) < 4.78 is 26.4. The summed E-state index contributed by atoms with van der Waals surface area (Å²) in [6, 6.07) is 15.9. The first kappa shape index (κ1) is 15.2. The lowest BCUT2D eigenvalue weighted by molar-refractivity contribution is 0.466. The van der Waals surface area contributed by atoms with E-state index in [0.717, 1.165) is 11.1 Å². The Morgan fingerprint density at radius 3 is 2.29 bits per heavy atom. The van der Waals surface area contributed by atoms with Crippen molar-refractivity contribution in [3.05, 3.63) is 65.2 Å². The maximum Gasteiger partial charge on any atom is 0.243 e. The average molecular weight is 300 g/mol. The van der Waals surface area contributed by atoms with Crippen LogP contribution in [0.1, 0.15) is 16.7 Å². The molecular formula is C16H16N2O2S. The first-order valence-electron chi connectivity index (χ1n) is 6.46. The number of hydrogen-bond donors (Lipinski definition) is 0. The Morgan fingerprint density at radius 1 is 1.10 bits per heavy atom. The second-order valence-corrected chi connectivity index (χ2v) is 6.85. The summed E-state index contributed by atoms with van der Waals surface area (Å²) in [5, 5.41) is 8.76. The van der Waals surface area contributed by atoms with Gasteiger partial charge in [0.25, 0.3) is 0 Å². The van der Waals surface area contributed by atoms with Gasteiger partial charge in [-0.15, -0.1) is 0 Å². The predicted molar refractivity (Wildman–Crippen MR) is 81.0 cm³/mol. The lowest BCUT2D eigenvalue weighted by Crippen LogP contribution is -2.27. The Kier molecular flexibility index (Phi) is 4.41. The molecule has 0 aromatic heterocycles. The van der Waals surface area contributed by atoms with Crippen LogP contribution >= 0.6 is 0 Å². The van der Waals surface area contributed by atoms with E-state index in [4.69, 9.17) is 5.26 Å². The van der Waals surface area contributed by atoms with E-state index in [-0.39, 0.29) is 6.54 Å². The van der Waals surface area contributed by atoms with Crippen molar-refractivity contribution < 1.29 is 8.42 Å². The van der Waals surface area contributed by atoms with Gasteiger partial charge < -0.3 is 0 Å². The molecule has 0 aliphatic rings. The number of benzene rings is 2. The van der Waals surface area contributed by atoms with Crippen LogP contribution in [0.15, 0.2) is 53.4 Å². The highest BCUT2D eigenvalue weighted by Gasteiger charge is 2.22. The second-order valence-electron chi connectivity index (χ2n) is 4.84. The zero-order valence-electron chi connectivity index (χ0n) is 11.9. The summed E-state index contributed by atoms with van der Waals surface area (Å²) in [7, 11) is -1.96. The largest absolute Gasteiger partial charge is 0.243 e. The van der Waals surface area contributed by atoms with Crippen LogP contribution in [-0.4, -0.2) is 19.8 Å². The third kappa shape index (κ3) is 3.30. The smallest absolute Gasteiger partial charge is 0.207 e. The van der Waals surface area contributed by atoms with Crippen LogP contribution in [0.2, 0.25) is 0 Å². The number of nitrogens with zero attached hydrogens (tertiary/aromatic N) is 2. The van der Waals surface area contributed by atoms with E-state index in [0.29, 0.717) is 10.5 Å². The highest BCUT2D eigenvalue weighted by Crippen LogP contribution is 2.20. The molecule has 2 rings (SSSR count). The fraction of sp³-hybridized carbons (Fsp3) is 0.188. The van der Waals surface area contributed by atoms with Crippen LogP contribution in [0.5, 0.6) is 0 Å². The van der Waals surface area contributed by atoms with Crippen molar-refractivity contribution in [1.82, 2.24) is 4.31 Å². The number of rotatable bonds is 4. The van der Waals surface area contributed by atoms with Crippen molar-refractivity contribution in [2.45, 2.75) is 18.4 Å². The Labute approximate surface area is 125 Å². The van der Waals surface area contributed by atoms with Crippen molar-refractivity contribution in [2.75, 3.05) is 7.05 Å². The molecule has 0 aliphatic carbocycles. The molecule has 0 spiro atoms. The summed E-state index contributed by atoms with van der Waals surface area (Å²) in [6.07, 6.45) is 0. The molecule has 0 fully saturated rings. The van der Waals surface area contributed by atoms with E-state index in [2.05, 4.69) is 0 Å². The molecule has 21 heavy (non-hydrogen) atoms. The van der Waals surface area contributed by atoms with Crippen molar-refractivity contribution in [3.8, 4) is 6.07 Å². The van der Waals surface area contributed by atoms with E-state index in [1.807, 2.05) is 12.1 Å². The van der Waals surface area contributed by atoms with Gasteiger partial charge in [-0.25, -0.2) is 8.42 Å². The zero-order chi connectivity index (χ0) is 15.5. The molecule has 0 unspecified atom stereocenters. The van der Waals surface area contributed by atoms with E-state index in [9.17, 15) is 8.42 Å². The molecule has 0 atom stereocenters. The highest BCUT2D eigenvalue weighted by atomic mass is 32.2. The minimum Gasteiger partial charge on any atom is -0.207 e. The predicted octanol–water partition coefficient (Wildman–Crippen LogP) is 2.69. The Bertz CT molecular complexity index is 775. The molecule has 0 heterocycles. The van der Waals surface area contributed by atoms with E-state index in [1.54, 1.807) is 56.4 Å². The van der Waals surface area contributed by atoms with Crippen LogP contribution in [0.4, 0.5) is 0 Å². The molecule has 0 N–H and O–H groups in total. The summed E-state index contributed by atoms with van der Waals surface area (Å²) in [6.45, 7) is 2.05. The van der Waals surface area contributed by atoms with Crippen molar-refractivity contribution in [3.63, 3.8) is 0 Å². The normalized spacial score (nSPS) is 11.3. The molecule has 5 heteroatoms. The molecule has 0 radical (unpaired) electrons. The molecular weight excluding hydrogens is 284 g/mol. The van der Waals surface area contributed by atoms with Gasteiger partial charge in [-0.3, -0.25) is 0 Å². The Morgan fingerprint density at radius 2 is 1.71 bits per heavy atom. The molecule has 2 aromatic rings. The van der Waals surface area contributed by atoms with Crippen LogP contribution in [0, 0.1) is 18.3 Å². The third-order valence-corrected chi connectivity index (χ3v) is 5.23. The van der Waals surface area contributed by atoms with Crippen LogP contribution < -0.4 is 0 Å². The minimum absolute atomic E-state index is 0.266. The molecule has 0 saturated carbocycles. The van der Waals surface area contributed by atoms with Gasteiger partial charge in [0.15, 0.2) is 0 Å². The number of nitriles is 1. The van der Waals surface area contributed by atoms with Crippen molar-refractivity contribution in [1.29, 1.82) is 5.26 Å². The summed E-state index contributed by atoms with van der Waals surface area (Å²) in [5.41, 5.74) is 2.13. The maximum atomic E-state index is 12.6. The quantitative estimate of drug-likeness (QED) is 0.872. The van der Waals surface area contributed by atoms with Gasteiger partial charge in [-0.2, -0.15) is 9.57 Å². The van der Waals surface area contributed by atoms with Gasteiger partial charge in [-0.05, 0) is 36.2 Å². The van der Waals surface area contributed by atoms with Gasteiger partial charge in [-0.1, -0.05) is 30.3 Å². The molecule has 0 aliphatic heterocycles. The van der Waals surface area contributed by atoms with E-state index in [1.165, 1.54) is 4.31 Å². The topological polar surface area (TPSA) is 61.2 Å². The first-order chi connectivity index (χ1) is 9.95. The fourth-order valence-corrected chi connectivity index (χ4v) is 3.42. The molecule has 2 aromatic carbocycles. The molecule has 0 bridgehead atoms. The monoisotopic (exact) mass is 300 g/mol. The minimum atomic E-state index is -3.52. The van der Waals surface area contributed by atoms with Crippen molar-refractivity contribution >= 4 is 10.0 Å². The Hall–Kier alpha value is -2.16. The van der Waals surface area contributed by atoms with Crippen molar-refractivity contribution in [2.24, 2.45) is 0 Å². The standard InChI is InChI=1S/C16H16N2O2S/c1-13-5-3-4-6-16(13)21(19,20)18(2)12-15-9-7-14(11-17)8-10-15/h3-10H,12H2,1-2H3. The van der Waals surface area contributed by atoms with Crippen LogP contribution in [-0.2, 0) is 16.6 Å². The van der Waals surface area contributed by atoms with Crippen LogP contribution in [0.25, 0.3) is 0 Å². The third-order valence-electron chi connectivity index (χ3n) is 3.27. The van der Waals surface area contributed by atoms with Gasteiger partial charge in [0, 0.05) is 13.6 Å². The van der Waals surface area contributed by atoms with Crippen LogP contribution in [0.3, 0.4) is 0 Å². The fourth-order valence-electron chi connectivity index (χ4n) is 2.04. The average Bonchev–Trinajstić information content (AvgIpc) is 2.48. The molecule has 108 valence electrons. The summed E-state index contributed by atoms with van der Waals surface area (Å²) in [4.78, 5) is 0.321.